The highest BCUT2D eigenvalue weighted by Crippen LogP contribution is 2.30. The first-order valence-electron chi connectivity index (χ1n) is 10.5. The molecule has 6 heteroatoms. The van der Waals surface area contributed by atoms with E-state index in [2.05, 4.69) is 18.8 Å². The van der Waals surface area contributed by atoms with Crippen LogP contribution in [-0.4, -0.2) is 24.9 Å². The number of hydrogen-bond acceptors (Lipinski definition) is 6. The fourth-order valence-electron chi connectivity index (χ4n) is 3.29. The fraction of sp³-hybridized carbons (Fsp3) is 0.148. The molecular weight excluding hydrogens is 418 g/mol. The Morgan fingerprint density at radius 3 is 2.36 bits per heavy atom. The van der Waals surface area contributed by atoms with E-state index in [0.29, 0.717) is 22.8 Å². The van der Waals surface area contributed by atoms with Gasteiger partial charge in [0.1, 0.15) is 0 Å². The molecule has 0 spiro atoms. The summed E-state index contributed by atoms with van der Waals surface area (Å²) in [5.74, 6) is 0.286. The zero-order chi connectivity index (χ0) is 23.4. The van der Waals surface area contributed by atoms with Crippen LogP contribution in [0.1, 0.15) is 46.8 Å². The van der Waals surface area contributed by atoms with Crippen molar-refractivity contribution in [3.63, 3.8) is 0 Å². The van der Waals surface area contributed by atoms with Gasteiger partial charge in [0.2, 0.25) is 5.90 Å². The largest absolute Gasteiger partial charge is 0.493 e. The number of esters is 2. The second-order valence-corrected chi connectivity index (χ2v) is 7.78. The van der Waals surface area contributed by atoms with Gasteiger partial charge in [0.25, 0.3) is 0 Å². The van der Waals surface area contributed by atoms with Crippen LogP contribution in [0.4, 0.5) is 0 Å². The van der Waals surface area contributed by atoms with Crippen molar-refractivity contribution in [2.45, 2.75) is 19.8 Å². The fourth-order valence-corrected chi connectivity index (χ4v) is 3.29. The van der Waals surface area contributed by atoms with Crippen LogP contribution in [0.3, 0.4) is 0 Å². The standard InChI is InChI=1S/C27H23NO5/c1-17(2)19-10-12-20(13-11-19)25-28-22(27(30)33-25)15-18-9-14-23(24(16-18)31-3)32-26(29)21-7-5-4-6-8-21/h4-17H,1-3H3/b22-15-. The molecule has 0 saturated carbocycles. The lowest BCUT2D eigenvalue weighted by atomic mass is 10.0. The summed E-state index contributed by atoms with van der Waals surface area (Å²) >= 11 is 0. The van der Waals surface area contributed by atoms with Gasteiger partial charge in [-0.15, -0.1) is 0 Å². The molecule has 0 aromatic heterocycles. The Bertz CT molecular complexity index is 1240. The molecule has 1 aliphatic heterocycles. The Hall–Kier alpha value is -4.19. The molecule has 4 rings (SSSR count). The molecule has 0 atom stereocenters. The maximum absolute atomic E-state index is 12.4. The summed E-state index contributed by atoms with van der Waals surface area (Å²) in [5, 5.41) is 0. The highest BCUT2D eigenvalue weighted by molar-refractivity contribution is 6.12. The quantitative estimate of drug-likeness (QED) is 0.292. The van der Waals surface area contributed by atoms with Crippen LogP contribution in [0, 0.1) is 0 Å². The summed E-state index contributed by atoms with van der Waals surface area (Å²) in [6.45, 7) is 4.23. The normalized spacial score (nSPS) is 14.2. The summed E-state index contributed by atoms with van der Waals surface area (Å²) in [4.78, 5) is 29.1. The van der Waals surface area contributed by atoms with Gasteiger partial charge in [-0.3, -0.25) is 0 Å². The number of aliphatic imine (C=N–C) groups is 1. The van der Waals surface area contributed by atoms with Gasteiger partial charge >= 0.3 is 11.9 Å². The number of carbonyl (C=O) groups excluding carboxylic acids is 2. The molecular formula is C27H23NO5. The molecule has 0 radical (unpaired) electrons. The lowest BCUT2D eigenvalue weighted by molar-refractivity contribution is -0.129. The predicted octanol–water partition coefficient (Wildman–Crippen LogP) is 5.38. The van der Waals surface area contributed by atoms with Crippen molar-refractivity contribution in [2.75, 3.05) is 7.11 Å². The minimum absolute atomic E-state index is 0.175. The van der Waals surface area contributed by atoms with E-state index in [-0.39, 0.29) is 17.3 Å². The molecule has 0 fully saturated rings. The van der Waals surface area contributed by atoms with Crippen molar-refractivity contribution in [1.82, 2.24) is 0 Å². The van der Waals surface area contributed by atoms with E-state index in [1.54, 1.807) is 48.5 Å². The summed E-state index contributed by atoms with van der Waals surface area (Å²) in [6, 6.07) is 21.5. The Kier molecular flexibility index (Phi) is 6.36. The van der Waals surface area contributed by atoms with Crippen molar-refractivity contribution in [3.05, 3.63) is 101 Å². The summed E-state index contributed by atoms with van der Waals surface area (Å²) in [6.07, 6.45) is 1.60. The van der Waals surface area contributed by atoms with Crippen molar-refractivity contribution in [1.29, 1.82) is 0 Å². The molecule has 166 valence electrons. The molecule has 3 aromatic carbocycles. The van der Waals surface area contributed by atoms with Gasteiger partial charge in [0.05, 0.1) is 12.7 Å². The first kappa shape index (κ1) is 22.0. The van der Waals surface area contributed by atoms with Gasteiger partial charge in [0.15, 0.2) is 17.2 Å². The first-order chi connectivity index (χ1) is 15.9. The van der Waals surface area contributed by atoms with E-state index in [1.165, 1.54) is 12.7 Å². The minimum atomic E-state index is -0.531. The number of nitrogens with zero attached hydrogens (tertiary/aromatic N) is 1. The van der Waals surface area contributed by atoms with Gasteiger partial charge in [-0.1, -0.05) is 50.2 Å². The van der Waals surface area contributed by atoms with Crippen molar-refractivity contribution < 1.29 is 23.8 Å². The second-order valence-electron chi connectivity index (χ2n) is 7.78. The number of rotatable bonds is 6. The maximum Gasteiger partial charge on any atom is 0.363 e. The minimum Gasteiger partial charge on any atom is -0.493 e. The third-order valence-corrected chi connectivity index (χ3v) is 5.15. The second kappa shape index (κ2) is 9.53. The Morgan fingerprint density at radius 2 is 1.70 bits per heavy atom. The summed E-state index contributed by atoms with van der Waals surface area (Å²) in [7, 11) is 1.48. The molecule has 6 nitrogen and oxygen atoms in total. The summed E-state index contributed by atoms with van der Waals surface area (Å²) in [5.41, 5.74) is 3.19. The molecule has 0 aliphatic carbocycles. The molecule has 0 unspecified atom stereocenters. The number of methoxy groups -OCH3 is 1. The van der Waals surface area contributed by atoms with Gasteiger partial charge < -0.3 is 14.2 Å². The number of hydrogen-bond donors (Lipinski definition) is 0. The SMILES string of the molecule is COc1cc(/C=C2\N=C(c3ccc(C(C)C)cc3)OC2=O)ccc1OC(=O)c1ccccc1. The van der Waals surface area contributed by atoms with E-state index in [9.17, 15) is 9.59 Å². The van der Waals surface area contributed by atoms with E-state index in [0.717, 1.165) is 5.56 Å². The van der Waals surface area contributed by atoms with Crippen LogP contribution in [0.2, 0.25) is 0 Å². The van der Waals surface area contributed by atoms with Crippen molar-refractivity contribution in [2.24, 2.45) is 4.99 Å². The van der Waals surface area contributed by atoms with Crippen molar-refractivity contribution >= 4 is 23.9 Å². The first-order valence-corrected chi connectivity index (χ1v) is 10.5. The van der Waals surface area contributed by atoms with Gasteiger partial charge in [-0.2, -0.15) is 0 Å². The average molecular weight is 441 g/mol. The van der Waals surface area contributed by atoms with Crippen LogP contribution >= 0.6 is 0 Å². The number of benzene rings is 3. The molecule has 3 aromatic rings. The van der Waals surface area contributed by atoms with Crippen LogP contribution in [0.5, 0.6) is 11.5 Å². The van der Waals surface area contributed by atoms with E-state index >= 15 is 0 Å². The third-order valence-electron chi connectivity index (χ3n) is 5.15. The molecule has 1 aliphatic rings. The van der Waals surface area contributed by atoms with E-state index in [1.807, 2.05) is 30.3 Å². The zero-order valence-corrected chi connectivity index (χ0v) is 18.6. The molecule has 0 N–H and O–H groups in total. The lowest BCUT2D eigenvalue weighted by Gasteiger charge is -2.10. The number of cyclic esters (lactones) is 1. The average Bonchev–Trinajstić information content (AvgIpc) is 3.20. The van der Waals surface area contributed by atoms with Crippen LogP contribution < -0.4 is 9.47 Å². The van der Waals surface area contributed by atoms with E-state index < -0.39 is 11.9 Å². The smallest absolute Gasteiger partial charge is 0.363 e. The topological polar surface area (TPSA) is 74.2 Å². The van der Waals surface area contributed by atoms with Gasteiger partial charge in [0, 0.05) is 5.56 Å². The Morgan fingerprint density at radius 1 is 0.970 bits per heavy atom. The number of carbonyl (C=O) groups is 2. The molecule has 1 heterocycles. The Labute approximate surface area is 192 Å². The molecule has 0 bridgehead atoms. The molecule has 0 saturated heterocycles. The van der Waals surface area contributed by atoms with Crippen LogP contribution in [0.15, 0.2) is 83.5 Å². The highest BCUT2D eigenvalue weighted by atomic mass is 16.6. The summed E-state index contributed by atoms with van der Waals surface area (Å²) < 4.78 is 16.2. The van der Waals surface area contributed by atoms with Crippen LogP contribution in [-0.2, 0) is 9.53 Å². The zero-order valence-electron chi connectivity index (χ0n) is 18.6. The van der Waals surface area contributed by atoms with Gasteiger partial charge in [-0.05, 0) is 59.5 Å². The van der Waals surface area contributed by atoms with Crippen molar-refractivity contribution in [3.8, 4) is 11.5 Å². The molecule has 0 amide bonds. The lowest BCUT2D eigenvalue weighted by Crippen LogP contribution is -2.09. The van der Waals surface area contributed by atoms with E-state index in [4.69, 9.17) is 14.2 Å². The molecule has 33 heavy (non-hydrogen) atoms. The van der Waals surface area contributed by atoms with Crippen LogP contribution in [0.25, 0.3) is 6.08 Å². The Balaban J connectivity index is 1.55. The maximum atomic E-state index is 12.4. The van der Waals surface area contributed by atoms with Gasteiger partial charge in [-0.25, -0.2) is 14.6 Å². The highest BCUT2D eigenvalue weighted by Gasteiger charge is 2.24. The third kappa shape index (κ3) is 5.01. The predicted molar refractivity (Wildman–Crippen MR) is 126 cm³/mol. The monoisotopic (exact) mass is 441 g/mol. The number of ether oxygens (including phenoxy) is 3.